The lowest BCUT2D eigenvalue weighted by Gasteiger charge is -1.95. The number of nitrogens with zero attached hydrogens (tertiary/aromatic N) is 4. The number of aromatic nitrogens is 4. The van der Waals surface area contributed by atoms with Gasteiger partial charge in [-0.15, -0.1) is 0 Å². The van der Waals surface area contributed by atoms with Crippen molar-refractivity contribution in [2.75, 3.05) is 0 Å². The van der Waals surface area contributed by atoms with Gasteiger partial charge in [0.2, 0.25) is 0 Å². The number of aldehydes is 1. The predicted octanol–water partition coefficient (Wildman–Crippen LogP) is 1.17. The SMILES string of the molecule is CCn1nc(-c2cnccn2)cc1C=O. The molecule has 0 fully saturated rings. The van der Waals surface area contributed by atoms with Gasteiger partial charge in [-0.05, 0) is 13.0 Å². The zero-order valence-electron chi connectivity index (χ0n) is 8.29. The first-order valence-electron chi connectivity index (χ1n) is 4.64. The number of carbonyl (C=O) groups is 1. The summed E-state index contributed by atoms with van der Waals surface area (Å²) in [5.41, 5.74) is 1.90. The third kappa shape index (κ3) is 1.76. The van der Waals surface area contributed by atoms with Crippen LogP contribution in [0.3, 0.4) is 0 Å². The largest absolute Gasteiger partial charge is 0.296 e. The van der Waals surface area contributed by atoms with Crippen molar-refractivity contribution >= 4 is 6.29 Å². The van der Waals surface area contributed by atoms with Crippen molar-refractivity contribution in [1.29, 1.82) is 0 Å². The molecule has 5 heteroatoms. The molecule has 0 atom stereocenters. The van der Waals surface area contributed by atoms with Crippen LogP contribution >= 0.6 is 0 Å². The van der Waals surface area contributed by atoms with Crippen LogP contribution in [0.25, 0.3) is 11.4 Å². The maximum Gasteiger partial charge on any atom is 0.168 e. The number of aryl methyl sites for hydroxylation is 1. The minimum absolute atomic E-state index is 0.554. The average molecular weight is 202 g/mol. The van der Waals surface area contributed by atoms with Crippen molar-refractivity contribution in [3.05, 3.63) is 30.4 Å². The van der Waals surface area contributed by atoms with E-state index in [1.54, 1.807) is 29.3 Å². The van der Waals surface area contributed by atoms with Gasteiger partial charge in [-0.1, -0.05) is 0 Å². The van der Waals surface area contributed by atoms with Crippen LogP contribution in [-0.4, -0.2) is 26.0 Å². The quantitative estimate of drug-likeness (QED) is 0.701. The van der Waals surface area contributed by atoms with Gasteiger partial charge in [-0.25, -0.2) is 0 Å². The number of hydrogen-bond acceptors (Lipinski definition) is 4. The molecule has 2 aromatic heterocycles. The maximum atomic E-state index is 10.7. The standard InChI is InChI=1S/C10H10N4O/c1-2-14-8(7-15)5-9(13-14)10-6-11-3-4-12-10/h3-7H,2H2,1H3. The Morgan fingerprint density at radius 2 is 2.27 bits per heavy atom. The van der Waals surface area contributed by atoms with Gasteiger partial charge in [-0.3, -0.25) is 19.4 Å². The Hall–Kier alpha value is -2.04. The highest BCUT2D eigenvalue weighted by Gasteiger charge is 2.08. The van der Waals surface area contributed by atoms with Gasteiger partial charge in [0.15, 0.2) is 6.29 Å². The molecule has 0 bridgehead atoms. The fourth-order valence-electron chi connectivity index (χ4n) is 1.34. The lowest BCUT2D eigenvalue weighted by atomic mass is 10.3. The topological polar surface area (TPSA) is 60.7 Å². The molecule has 2 heterocycles. The second-order valence-corrected chi connectivity index (χ2v) is 2.98. The average Bonchev–Trinajstić information content (AvgIpc) is 2.73. The van der Waals surface area contributed by atoms with Crippen LogP contribution < -0.4 is 0 Å². The van der Waals surface area contributed by atoms with Crippen LogP contribution in [0.4, 0.5) is 0 Å². The van der Waals surface area contributed by atoms with Crippen molar-refractivity contribution in [1.82, 2.24) is 19.7 Å². The van der Waals surface area contributed by atoms with Crippen molar-refractivity contribution in [2.45, 2.75) is 13.5 Å². The Morgan fingerprint density at radius 1 is 1.40 bits per heavy atom. The van der Waals surface area contributed by atoms with Crippen molar-refractivity contribution in [2.24, 2.45) is 0 Å². The molecule has 0 aromatic carbocycles. The molecule has 0 spiro atoms. The van der Waals surface area contributed by atoms with E-state index in [9.17, 15) is 4.79 Å². The van der Waals surface area contributed by atoms with E-state index in [-0.39, 0.29) is 0 Å². The summed E-state index contributed by atoms with van der Waals surface area (Å²) in [6, 6.07) is 1.71. The molecular weight excluding hydrogens is 192 g/mol. The third-order valence-corrected chi connectivity index (χ3v) is 2.06. The van der Waals surface area contributed by atoms with E-state index in [4.69, 9.17) is 0 Å². The molecule has 2 rings (SSSR count). The van der Waals surface area contributed by atoms with Crippen LogP contribution in [0, 0.1) is 0 Å². The molecule has 0 aliphatic heterocycles. The lowest BCUT2D eigenvalue weighted by Crippen LogP contribution is -2.01. The smallest absolute Gasteiger partial charge is 0.168 e. The minimum atomic E-state index is 0.554. The Morgan fingerprint density at radius 3 is 2.80 bits per heavy atom. The number of carbonyl (C=O) groups excluding carboxylic acids is 1. The van der Waals surface area contributed by atoms with Gasteiger partial charge < -0.3 is 0 Å². The van der Waals surface area contributed by atoms with E-state index in [0.29, 0.717) is 23.6 Å². The molecule has 5 nitrogen and oxygen atoms in total. The van der Waals surface area contributed by atoms with E-state index >= 15 is 0 Å². The fourth-order valence-corrected chi connectivity index (χ4v) is 1.34. The van der Waals surface area contributed by atoms with E-state index in [1.165, 1.54) is 0 Å². The molecule has 2 aromatic rings. The summed E-state index contributed by atoms with van der Waals surface area (Å²) in [5.74, 6) is 0. The van der Waals surface area contributed by atoms with Crippen molar-refractivity contribution in [3.8, 4) is 11.4 Å². The molecule has 0 radical (unpaired) electrons. The molecule has 0 unspecified atom stereocenters. The zero-order valence-corrected chi connectivity index (χ0v) is 8.29. The minimum Gasteiger partial charge on any atom is -0.296 e. The summed E-state index contributed by atoms with van der Waals surface area (Å²) < 4.78 is 1.64. The normalized spacial score (nSPS) is 10.2. The van der Waals surface area contributed by atoms with Crippen LogP contribution in [0.15, 0.2) is 24.7 Å². The Labute approximate surface area is 86.8 Å². The molecular formula is C10H10N4O. The van der Waals surface area contributed by atoms with Gasteiger partial charge in [-0.2, -0.15) is 5.10 Å². The van der Waals surface area contributed by atoms with Crippen molar-refractivity contribution in [3.63, 3.8) is 0 Å². The monoisotopic (exact) mass is 202 g/mol. The van der Waals surface area contributed by atoms with E-state index < -0.39 is 0 Å². The van der Waals surface area contributed by atoms with Crippen LogP contribution in [0.2, 0.25) is 0 Å². The van der Waals surface area contributed by atoms with Gasteiger partial charge >= 0.3 is 0 Å². The highest BCUT2D eigenvalue weighted by Crippen LogP contribution is 2.14. The molecule has 0 amide bonds. The van der Waals surface area contributed by atoms with Gasteiger partial charge in [0, 0.05) is 18.9 Å². The highest BCUT2D eigenvalue weighted by atomic mass is 16.1. The fraction of sp³-hybridized carbons (Fsp3) is 0.200. The first-order valence-corrected chi connectivity index (χ1v) is 4.64. The summed E-state index contributed by atoms with van der Waals surface area (Å²) >= 11 is 0. The molecule has 76 valence electrons. The molecule has 0 N–H and O–H groups in total. The van der Waals surface area contributed by atoms with Crippen LogP contribution in [-0.2, 0) is 6.54 Å². The van der Waals surface area contributed by atoms with Crippen LogP contribution in [0.5, 0.6) is 0 Å². The Kier molecular flexibility index (Phi) is 2.53. The molecule has 15 heavy (non-hydrogen) atoms. The highest BCUT2D eigenvalue weighted by molar-refractivity contribution is 5.75. The van der Waals surface area contributed by atoms with Crippen molar-refractivity contribution < 1.29 is 4.79 Å². The Bertz CT molecular complexity index is 464. The summed E-state index contributed by atoms with van der Waals surface area (Å²) in [6.07, 6.45) is 5.61. The number of rotatable bonds is 3. The first kappa shape index (κ1) is 9.51. The van der Waals surface area contributed by atoms with Crippen LogP contribution in [0.1, 0.15) is 17.4 Å². The third-order valence-electron chi connectivity index (χ3n) is 2.06. The molecule has 0 saturated carbocycles. The summed E-state index contributed by atoms with van der Waals surface area (Å²) in [5, 5.41) is 4.25. The van der Waals surface area contributed by atoms with E-state index in [0.717, 1.165) is 6.29 Å². The molecule has 0 aliphatic carbocycles. The molecule has 0 saturated heterocycles. The molecule has 0 aliphatic rings. The summed E-state index contributed by atoms with van der Waals surface area (Å²) in [4.78, 5) is 18.8. The summed E-state index contributed by atoms with van der Waals surface area (Å²) in [6.45, 7) is 2.59. The van der Waals surface area contributed by atoms with E-state index in [1.807, 2.05) is 6.92 Å². The second-order valence-electron chi connectivity index (χ2n) is 2.98. The maximum absolute atomic E-state index is 10.7. The first-order chi connectivity index (χ1) is 7.35. The number of hydrogen-bond donors (Lipinski definition) is 0. The lowest BCUT2D eigenvalue weighted by molar-refractivity contribution is 0.111. The van der Waals surface area contributed by atoms with E-state index in [2.05, 4.69) is 15.1 Å². The van der Waals surface area contributed by atoms with Gasteiger partial charge in [0.1, 0.15) is 17.1 Å². The summed E-state index contributed by atoms with van der Waals surface area (Å²) in [7, 11) is 0. The zero-order chi connectivity index (χ0) is 10.7. The van der Waals surface area contributed by atoms with Gasteiger partial charge in [0.25, 0.3) is 0 Å². The van der Waals surface area contributed by atoms with Gasteiger partial charge in [0.05, 0.1) is 6.20 Å². The Balaban J connectivity index is 2.46. The second kappa shape index (κ2) is 4.00. The predicted molar refractivity (Wildman–Crippen MR) is 54.3 cm³/mol.